The molecule has 0 aromatic carbocycles. The maximum Gasteiger partial charge on any atom is 0.307 e. The fraction of sp³-hybridized carbons (Fsp3) is 0.333. The molecular formula is C9H8ClNO3S. The zero-order chi connectivity index (χ0) is 11.0. The summed E-state index contributed by atoms with van der Waals surface area (Å²) in [6.45, 7) is 0. The van der Waals surface area contributed by atoms with Crippen LogP contribution in [-0.2, 0) is 9.59 Å². The van der Waals surface area contributed by atoms with Gasteiger partial charge in [0, 0.05) is 0 Å². The van der Waals surface area contributed by atoms with Crippen LogP contribution in [0.4, 0.5) is 5.00 Å². The van der Waals surface area contributed by atoms with Gasteiger partial charge in [0.2, 0.25) is 5.91 Å². The number of carbonyl (C=O) groups excluding carboxylic acids is 1. The van der Waals surface area contributed by atoms with Crippen LogP contribution in [0.1, 0.15) is 6.42 Å². The Kier molecular flexibility index (Phi) is 2.67. The van der Waals surface area contributed by atoms with Crippen LogP contribution in [0.2, 0.25) is 4.34 Å². The van der Waals surface area contributed by atoms with Gasteiger partial charge < -0.3 is 10.4 Å². The van der Waals surface area contributed by atoms with Gasteiger partial charge in [0.25, 0.3) is 0 Å². The molecule has 1 aromatic rings. The molecule has 1 fully saturated rings. The second-order valence-electron chi connectivity index (χ2n) is 3.38. The minimum absolute atomic E-state index is 0.235. The molecule has 0 aliphatic heterocycles. The van der Waals surface area contributed by atoms with E-state index in [0.717, 1.165) is 0 Å². The van der Waals surface area contributed by atoms with Crippen molar-refractivity contribution >= 4 is 39.8 Å². The van der Waals surface area contributed by atoms with Gasteiger partial charge in [-0.1, -0.05) is 11.6 Å². The molecule has 15 heavy (non-hydrogen) atoms. The van der Waals surface area contributed by atoms with Crippen molar-refractivity contribution in [1.82, 2.24) is 0 Å². The molecule has 0 saturated heterocycles. The van der Waals surface area contributed by atoms with Crippen molar-refractivity contribution in [2.45, 2.75) is 6.42 Å². The highest BCUT2D eigenvalue weighted by Gasteiger charge is 2.48. The summed E-state index contributed by atoms with van der Waals surface area (Å²) < 4.78 is 0.593. The summed E-state index contributed by atoms with van der Waals surface area (Å²) in [5.41, 5.74) is 0. The van der Waals surface area contributed by atoms with Gasteiger partial charge in [0.15, 0.2) is 0 Å². The van der Waals surface area contributed by atoms with Gasteiger partial charge >= 0.3 is 5.97 Å². The minimum atomic E-state index is -0.903. The van der Waals surface area contributed by atoms with E-state index in [9.17, 15) is 9.59 Å². The molecule has 2 atom stereocenters. The van der Waals surface area contributed by atoms with Crippen molar-refractivity contribution in [2.24, 2.45) is 11.8 Å². The summed E-state index contributed by atoms with van der Waals surface area (Å²) in [5.74, 6) is -2.04. The highest BCUT2D eigenvalue weighted by atomic mass is 35.5. The molecule has 0 spiro atoms. The molecule has 1 aliphatic carbocycles. The number of nitrogens with one attached hydrogen (secondary N) is 1. The van der Waals surface area contributed by atoms with Crippen LogP contribution in [0.5, 0.6) is 0 Å². The van der Waals surface area contributed by atoms with Crippen LogP contribution in [0, 0.1) is 11.8 Å². The number of aliphatic carboxylic acids is 1. The minimum Gasteiger partial charge on any atom is -0.481 e. The molecule has 6 heteroatoms. The summed E-state index contributed by atoms with van der Waals surface area (Å²) in [5, 5.41) is 11.9. The predicted octanol–water partition coefficient (Wildman–Crippen LogP) is 2.06. The number of carboxylic acids is 1. The average molecular weight is 246 g/mol. The number of thiophene rings is 1. The molecular weight excluding hydrogens is 238 g/mol. The van der Waals surface area contributed by atoms with Crippen LogP contribution in [0.25, 0.3) is 0 Å². The Hall–Kier alpha value is -1.07. The van der Waals surface area contributed by atoms with E-state index in [1.54, 1.807) is 12.1 Å². The van der Waals surface area contributed by atoms with Crippen molar-refractivity contribution in [3.8, 4) is 0 Å². The number of amides is 1. The second-order valence-corrected chi connectivity index (χ2v) is 5.10. The molecule has 4 nitrogen and oxygen atoms in total. The molecule has 1 saturated carbocycles. The van der Waals surface area contributed by atoms with Crippen molar-refractivity contribution in [3.63, 3.8) is 0 Å². The van der Waals surface area contributed by atoms with Gasteiger partial charge in [-0.3, -0.25) is 9.59 Å². The zero-order valence-electron chi connectivity index (χ0n) is 7.57. The van der Waals surface area contributed by atoms with E-state index in [4.69, 9.17) is 16.7 Å². The predicted molar refractivity (Wildman–Crippen MR) is 57.2 cm³/mol. The smallest absolute Gasteiger partial charge is 0.307 e. The van der Waals surface area contributed by atoms with Crippen molar-refractivity contribution in [1.29, 1.82) is 0 Å². The van der Waals surface area contributed by atoms with Crippen LogP contribution < -0.4 is 5.32 Å². The second kappa shape index (κ2) is 3.83. The Balaban J connectivity index is 1.92. The number of hydrogen-bond acceptors (Lipinski definition) is 3. The van der Waals surface area contributed by atoms with Crippen molar-refractivity contribution in [3.05, 3.63) is 16.5 Å². The van der Waals surface area contributed by atoms with Gasteiger partial charge in [-0.25, -0.2) is 0 Å². The maximum atomic E-state index is 11.5. The molecule has 1 aliphatic rings. The lowest BCUT2D eigenvalue weighted by molar-refractivity contribution is -0.139. The molecule has 2 unspecified atom stereocenters. The van der Waals surface area contributed by atoms with Crippen LogP contribution in [-0.4, -0.2) is 17.0 Å². The molecule has 80 valence electrons. The van der Waals surface area contributed by atoms with E-state index in [0.29, 0.717) is 15.8 Å². The van der Waals surface area contributed by atoms with Crippen molar-refractivity contribution in [2.75, 3.05) is 5.32 Å². The lowest BCUT2D eigenvalue weighted by atomic mass is 10.3. The first kappa shape index (κ1) is 10.4. The zero-order valence-corrected chi connectivity index (χ0v) is 9.14. The van der Waals surface area contributed by atoms with E-state index in [1.165, 1.54) is 11.3 Å². The summed E-state index contributed by atoms with van der Waals surface area (Å²) in [4.78, 5) is 22.0. The highest BCUT2D eigenvalue weighted by molar-refractivity contribution is 7.20. The highest BCUT2D eigenvalue weighted by Crippen LogP contribution is 2.40. The van der Waals surface area contributed by atoms with E-state index in [-0.39, 0.29) is 11.8 Å². The molecule has 1 amide bonds. The van der Waals surface area contributed by atoms with Gasteiger partial charge in [0.1, 0.15) is 0 Å². The van der Waals surface area contributed by atoms with E-state index in [1.807, 2.05) is 0 Å². The molecule has 2 rings (SSSR count). The Labute approximate surface area is 94.9 Å². The number of carboxylic acid groups (broad SMARTS) is 1. The quantitative estimate of drug-likeness (QED) is 0.857. The third-order valence-electron chi connectivity index (χ3n) is 2.26. The summed E-state index contributed by atoms with van der Waals surface area (Å²) in [6, 6.07) is 3.38. The largest absolute Gasteiger partial charge is 0.481 e. The van der Waals surface area contributed by atoms with Gasteiger partial charge in [0.05, 0.1) is 21.2 Å². The van der Waals surface area contributed by atoms with Gasteiger partial charge in [-0.15, -0.1) is 11.3 Å². The fourth-order valence-electron chi connectivity index (χ4n) is 1.35. The third kappa shape index (κ3) is 2.30. The van der Waals surface area contributed by atoms with Crippen LogP contribution >= 0.6 is 22.9 Å². The lowest BCUT2D eigenvalue weighted by Gasteiger charge is -1.99. The summed E-state index contributed by atoms with van der Waals surface area (Å²) >= 11 is 6.95. The topological polar surface area (TPSA) is 66.4 Å². The van der Waals surface area contributed by atoms with E-state index in [2.05, 4.69) is 5.32 Å². The lowest BCUT2D eigenvalue weighted by Crippen LogP contribution is -2.15. The SMILES string of the molecule is O=C(O)C1CC1C(=O)Nc1ccc(Cl)s1. The third-order valence-corrected chi connectivity index (χ3v) is 3.41. The van der Waals surface area contributed by atoms with E-state index >= 15 is 0 Å². The van der Waals surface area contributed by atoms with E-state index < -0.39 is 11.9 Å². The Bertz CT molecular complexity index is 417. The Morgan fingerprint density at radius 2 is 2.20 bits per heavy atom. The molecule has 0 bridgehead atoms. The number of hydrogen-bond donors (Lipinski definition) is 2. The average Bonchev–Trinajstić information content (AvgIpc) is 2.86. The number of anilines is 1. The first-order chi connectivity index (χ1) is 7.08. The monoisotopic (exact) mass is 245 g/mol. The van der Waals surface area contributed by atoms with Crippen LogP contribution in [0.3, 0.4) is 0 Å². The van der Waals surface area contributed by atoms with Crippen LogP contribution in [0.15, 0.2) is 12.1 Å². The summed E-state index contributed by atoms with van der Waals surface area (Å²) in [6.07, 6.45) is 0.431. The van der Waals surface area contributed by atoms with Gasteiger partial charge in [-0.2, -0.15) is 0 Å². The standard InChI is InChI=1S/C9H8ClNO3S/c10-6-1-2-7(15-6)11-8(12)4-3-5(4)9(13)14/h1-2,4-5H,3H2,(H,11,12)(H,13,14). The fourth-order valence-corrected chi connectivity index (χ4v) is 2.30. The first-order valence-electron chi connectivity index (χ1n) is 4.37. The number of halogens is 1. The molecule has 1 aromatic heterocycles. The first-order valence-corrected chi connectivity index (χ1v) is 5.56. The Morgan fingerprint density at radius 1 is 1.47 bits per heavy atom. The number of carbonyl (C=O) groups is 2. The van der Waals surface area contributed by atoms with Gasteiger partial charge in [-0.05, 0) is 18.6 Å². The summed E-state index contributed by atoms with van der Waals surface area (Å²) in [7, 11) is 0. The van der Waals surface area contributed by atoms with Crippen molar-refractivity contribution < 1.29 is 14.7 Å². The number of rotatable bonds is 3. The molecule has 0 radical (unpaired) electrons. The maximum absolute atomic E-state index is 11.5. The normalized spacial score (nSPS) is 23.5. The Morgan fingerprint density at radius 3 is 2.67 bits per heavy atom. The molecule has 1 heterocycles. The molecule has 2 N–H and O–H groups in total.